The number of rotatable bonds is 2. The first-order valence-electron chi connectivity index (χ1n) is 6.33. The zero-order valence-electron chi connectivity index (χ0n) is 10.0. The van der Waals surface area contributed by atoms with E-state index in [1.807, 2.05) is 0 Å². The van der Waals surface area contributed by atoms with E-state index in [4.69, 9.17) is 0 Å². The second kappa shape index (κ2) is 5.55. The number of nitrogens with zero attached hydrogens (tertiary/aromatic N) is 1. The summed E-state index contributed by atoms with van der Waals surface area (Å²) >= 11 is 2.16. The zero-order valence-corrected chi connectivity index (χ0v) is 10.9. The molecule has 3 heteroatoms. The molecule has 0 aromatic carbocycles. The highest BCUT2D eigenvalue weighted by atomic mass is 32.2. The number of piperidine rings is 1. The van der Waals surface area contributed by atoms with Crippen molar-refractivity contribution in [2.75, 3.05) is 25.9 Å². The Morgan fingerprint density at radius 2 is 2.13 bits per heavy atom. The van der Waals surface area contributed by atoms with Gasteiger partial charge in [0.1, 0.15) is 0 Å². The lowest BCUT2D eigenvalue weighted by Crippen LogP contribution is -2.51. The fraction of sp³-hybridized carbons (Fsp3) is 1.00. The largest absolute Gasteiger partial charge is 0.315 e. The van der Waals surface area contributed by atoms with Crippen molar-refractivity contribution in [3.8, 4) is 0 Å². The topological polar surface area (TPSA) is 15.3 Å². The van der Waals surface area contributed by atoms with Crippen molar-refractivity contribution in [1.29, 1.82) is 0 Å². The molecule has 0 aromatic heterocycles. The van der Waals surface area contributed by atoms with Gasteiger partial charge in [-0.15, -0.1) is 0 Å². The highest BCUT2D eigenvalue weighted by molar-refractivity contribution is 7.99. The standard InChI is InChI=1S/C12H24N2S/c1-10-12(6-4-8-15-10)14(2)11-5-3-7-13-9-11/h10-13H,3-9H2,1-2H3. The second-order valence-electron chi connectivity index (χ2n) is 4.95. The van der Waals surface area contributed by atoms with E-state index < -0.39 is 0 Å². The van der Waals surface area contributed by atoms with Gasteiger partial charge >= 0.3 is 0 Å². The molecule has 15 heavy (non-hydrogen) atoms. The van der Waals surface area contributed by atoms with E-state index in [-0.39, 0.29) is 0 Å². The van der Waals surface area contributed by atoms with Gasteiger partial charge in [0, 0.05) is 23.9 Å². The molecule has 3 unspecified atom stereocenters. The van der Waals surface area contributed by atoms with Gasteiger partial charge in [-0.1, -0.05) is 6.92 Å². The van der Waals surface area contributed by atoms with Crippen molar-refractivity contribution in [3.63, 3.8) is 0 Å². The molecule has 2 aliphatic heterocycles. The summed E-state index contributed by atoms with van der Waals surface area (Å²) in [6, 6.07) is 1.60. The summed E-state index contributed by atoms with van der Waals surface area (Å²) in [6.45, 7) is 4.82. The smallest absolute Gasteiger partial charge is 0.0221 e. The molecule has 0 radical (unpaired) electrons. The predicted molar refractivity (Wildman–Crippen MR) is 68.6 cm³/mol. The molecular formula is C12H24N2S. The normalized spacial score (nSPS) is 38.2. The highest BCUT2D eigenvalue weighted by Gasteiger charge is 2.30. The molecular weight excluding hydrogens is 204 g/mol. The Labute approximate surface area is 98.2 Å². The molecule has 0 aliphatic carbocycles. The maximum absolute atomic E-state index is 3.52. The van der Waals surface area contributed by atoms with Gasteiger partial charge in [-0.25, -0.2) is 0 Å². The molecule has 0 bridgehead atoms. The van der Waals surface area contributed by atoms with E-state index in [1.165, 1.54) is 44.5 Å². The Bertz CT molecular complexity index is 192. The third-order valence-electron chi connectivity index (χ3n) is 3.94. The first kappa shape index (κ1) is 11.7. The molecule has 2 heterocycles. The molecule has 2 nitrogen and oxygen atoms in total. The van der Waals surface area contributed by atoms with E-state index in [0.717, 1.165) is 17.3 Å². The van der Waals surface area contributed by atoms with Crippen LogP contribution in [0.2, 0.25) is 0 Å². The van der Waals surface area contributed by atoms with Crippen LogP contribution < -0.4 is 5.32 Å². The Balaban J connectivity index is 1.89. The molecule has 3 atom stereocenters. The molecule has 2 aliphatic rings. The van der Waals surface area contributed by atoms with Gasteiger partial charge in [0.2, 0.25) is 0 Å². The maximum atomic E-state index is 3.52. The number of hydrogen-bond acceptors (Lipinski definition) is 3. The van der Waals surface area contributed by atoms with Crippen molar-refractivity contribution in [2.24, 2.45) is 0 Å². The molecule has 2 fully saturated rings. The Hall–Kier alpha value is 0.270. The van der Waals surface area contributed by atoms with Gasteiger partial charge in [-0.2, -0.15) is 11.8 Å². The summed E-state index contributed by atoms with van der Waals surface area (Å²) < 4.78 is 0. The van der Waals surface area contributed by atoms with Crippen LogP contribution in [0.4, 0.5) is 0 Å². The van der Waals surface area contributed by atoms with Crippen LogP contribution in [-0.4, -0.2) is 48.1 Å². The Morgan fingerprint density at radius 1 is 1.27 bits per heavy atom. The van der Waals surface area contributed by atoms with E-state index in [0.29, 0.717) is 0 Å². The predicted octanol–water partition coefficient (Wildman–Crippen LogP) is 1.95. The maximum Gasteiger partial charge on any atom is 0.0221 e. The monoisotopic (exact) mass is 228 g/mol. The van der Waals surface area contributed by atoms with Crippen LogP contribution in [0, 0.1) is 0 Å². The van der Waals surface area contributed by atoms with Gasteiger partial charge in [-0.3, -0.25) is 4.90 Å². The van der Waals surface area contributed by atoms with Crippen LogP contribution in [0.25, 0.3) is 0 Å². The molecule has 88 valence electrons. The van der Waals surface area contributed by atoms with Crippen molar-refractivity contribution in [3.05, 3.63) is 0 Å². The molecule has 0 saturated carbocycles. The Kier molecular flexibility index (Phi) is 4.35. The lowest BCUT2D eigenvalue weighted by atomic mass is 10.0. The molecule has 2 saturated heterocycles. The van der Waals surface area contributed by atoms with Crippen LogP contribution >= 0.6 is 11.8 Å². The van der Waals surface area contributed by atoms with Gasteiger partial charge < -0.3 is 5.32 Å². The third-order valence-corrected chi connectivity index (χ3v) is 5.30. The van der Waals surface area contributed by atoms with E-state index in [1.54, 1.807) is 0 Å². The number of thioether (sulfide) groups is 1. The summed E-state index contributed by atoms with van der Waals surface area (Å²) in [5, 5.41) is 4.35. The number of hydrogen-bond donors (Lipinski definition) is 1. The first-order chi connectivity index (χ1) is 7.29. The second-order valence-corrected chi connectivity index (χ2v) is 6.44. The number of likely N-dealkylation sites (N-methyl/N-ethyl adjacent to an activating group) is 1. The van der Waals surface area contributed by atoms with Crippen LogP contribution in [0.1, 0.15) is 32.6 Å². The van der Waals surface area contributed by atoms with Crippen molar-refractivity contribution in [2.45, 2.75) is 49.9 Å². The lowest BCUT2D eigenvalue weighted by molar-refractivity contribution is 0.137. The average molecular weight is 228 g/mol. The molecule has 1 N–H and O–H groups in total. The average Bonchev–Trinajstić information content (AvgIpc) is 2.30. The summed E-state index contributed by atoms with van der Waals surface area (Å²) in [5.41, 5.74) is 0. The fourth-order valence-corrected chi connectivity index (χ4v) is 4.15. The van der Waals surface area contributed by atoms with Gasteiger partial charge in [0.15, 0.2) is 0 Å². The Morgan fingerprint density at radius 3 is 2.80 bits per heavy atom. The lowest BCUT2D eigenvalue weighted by Gasteiger charge is -2.42. The SMILES string of the molecule is CC1SCCCC1N(C)C1CCCNC1. The highest BCUT2D eigenvalue weighted by Crippen LogP contribution is 2.30. The van der Waals surface area contributed by atoms with Crippen molar-refractivity contribution < 1.29 is 0 Å². The van der Waals surface area contributed by atoms with E-state index in [9.17, 15) is 0 Å². The van der Waals surface area contributed by atoms with Crippen molar-refractivity contribution >= 4 is 11.8 Å². The van der Waals surface area contributed by atoms with Crippen LogP contribution in [0.5, 0.6) is 0 Å². The molecule has 0 aromatic rings. The summed E-state index contributed by atoms with van der Waals surface area (Å²) in [7, 11) is 2.34. The van der Waals surface area contributed by atoms with Crippen molar-refractivity contribution in [1.82, 2.24) is 10.2 Å². The van der Waals surface area contributed by atoms with Gasteiger partial charge in [0.25, 0.3) is 0 Å². The minimum Gasteiger partial charge on any atom is -0.315 e. The quantitative estimate of drug-likeness (QED) is 0.778. The first-order valence-corrected chi connectivity index (χ1v) is 7.38. The van der Waals surface area contributed by atoms with E-state index in [2.05, 4.69) is 35.9 Å². The van der Waals surface area contributed by atoms with Crippen LogP contribution in [0.3, 0.4) is 0 Å². The summed E-state index contributed by atoms with van der Waals surface area (Å²) in [6.07, 6.45) is 5.55. The van der Waals surface area contributed by atoms with Crippen LogP contribution in [-0.2, 0) is 0 Å². The minimum atomic E-state index is 0.782. The zero-order chi connectivity index (χ0) is 10.7. The van der Waals surface area contributed by atoms with E-state index >= 15 is 0 Å². The summed E-state index contributed by atoms with van der Waals surface area (Å²) in [4.78, 5) is 2.66. The molecule has 0 spiro atoms. The molecule has 2 rings (SSSR count). The minimum absolute atomic E-state index is 0.782. The van der Waals surface area contributed by atoms with Gasteiger partial charge in [-0.05, 0) is 45.0 Å². The molecule has 0 amide bonds. The van der Waals surface area contributed by atoms with Gasteiger partial charge in [0.05, 0.1) is 0 Å². The third kappa shape index (κ3) is 2.89. The van der Waals surface area contributed by atoms with Crippen LogP contribution in [0.15, 0.2) is 0 Å². The summed E-state index contributed by atoms with van der Waals surface area (Å²) in [5.74, 6) is 1.37. The fourth-order valence-electron chi connectivity index (χ4n) is 2.89. The number of nitrogens with one attached hydrogen (secondary N) is 1.